The molecule has 2 aliphatic heterocycles. The lowest BCUT2D eigenvalue weighted by atomic mass is 9.66. The molecule has 3 nitrogen and oxygen atoms in total. The van der Waals surface area contributed by atoms with Crippen molar-refractivity contribution < 1.29 is 0 Å². The van der Waals surface area contributed by atoms with Crippen molar-refractivity contribution in [2.24, 2.45) is 16.8 Å². The Bertz CT molecular complexity index is 2920. The molecule has 1 N–H and O–H groups in total. The summed E-state index contributed by atoms with van der Waals surface area (Å²) in [7, 11) is 0. The normalized spacial score (nSPS) is 26.7. The van der Waals surface area contributed by atoms with Crippen LogP contribution in [0.4, 0.5) is 5.69 Å². The van der Waals surface area contributed by atoms with Gasteiger partial charge in [0.1, 0.15) is 5.84 Å². The van der Waals surface area contributed by atoms with Crippen LogP contribution in [-0.4, -0.2) is 23.2 Å². The van der Waals surface area contributed by atoms with Gasteiger partial charge in [0.25, 0.3) is 0 Å². The van der Waals surface area contributed by atoms with E-state index in [1.54, 1.807) is 22.3 Å². The van der Waals surface area contributed by atoms with Gasteiger partial charge in [0.2, 0.25) is 0 Å². The highest BCUT2D eigenvalue weighted by Gasteiger charge is 2.47. The van der Waals surface area contributed by atoms with Crippen LogP contribution in [0.25, 0.3) is 16.7 Å². The van der Waals surface area contributed by atoms with Gasteiger partial charge in [0.15, 0.2) is 0 Å². The number of amidine groups is 1. The molecule has 4 heteroatoms. The van der Waals surface area contributed by atoms with Crippen molar-refractivity contribution in [2.45, 2.75) is 131 Å². The number of para-hydroxylation sites is 1. The molecule has 0 fully saturated rings. The first-order chi connectivity index (χ1) is 34.1. The van der Waals surface area contributed by atoms with Crippen molar-refractivity contribution in [3.8, 4) is 0 Å². The number of anilines is 1. The van der Waals surface area contributed by atoms with Gasteiger partial charge in [-0.15, -0.1) is 11.8 Å². The third kappa shape index (κ3) is 8.66. The summed E-state index contributed by atoms with van der Waals surface area (Å²) in [6.07, 6.45) is 37.2. The Morgan fingerprint density at radius 1 is 0.768 bits per heavy atom. The van der Waals surface area contributed by atoms with Gasteiger partial charge in [0, 0.05) is 45.8 Å². The van der Waals surface area contributed by atoms with Gasteiger partial charge in [-0.3, -0.25) is 0 Å². The third-order valence-corrected chi connectivity index (χ3v) is 18.2. The number of thioether (sulfide) groups is 1. The van der Waals surface area contributed by atoms with E-state index < -0.39 is 0 Å². The first-order valence-corrected chi connectivity index (χ1v) is 27.3. The number of allylic oxidation sites excluding steroid dienone is 12. The number of aliphatic imine (C=N–C) groups is 1. The highest BCUT2D eigenvalue weighted by molar-refractivity contribution is 8.00. The largest absolute Gasteiger partial charge is 0.364 e. The molecule has 4 aromatic carbocycles. The summed E-state index contributed by atoms with van der Waals surface area (Å²) in [6.45, 7) is 7.25. The van der Waals surface area contributed by atoms with Crippen LogP contribution in [0.1, 0.15) is 137 Å². The molecule has 0 saturated heterocycles. The minimum atomic E-state index is 0.0976. The van der Waals surface area contributed by atoms with E-state index in [1.807, 2.05) is 0 Å². The number of hydrogen-bond acceptors (Lipinski definition) is 3. The first-order valence-electron chi connectivity index (χ1n) is 26.4. The van der Waals surface area contributed by atoms with Crippen LogP contribution in [0.2, 0.25) is 0 Å². The van der Waals surface area contributed by atoms with E-state index >= 15 is 0 Å². The van der Waals surface area contributed by atoms with Gasteiger partial charge >= 0.3 is 0 Å². The van der Waals surface area contributed by atoms with E-state index in [-0.39, 0.29) is 6.04 Å². The molecule has 348 valence electrons. The highest BCUT2D eigenvalue weighted by Crippen LogP contribution is 2.58. The molecular weight excluding hydrogens is 855 g/mol. The Hall–Kier alpha value is -5.84. The maximum Gasteiger partial charge on any atom is 0.130 e. The quantitative estimate of drug-likeness (QED) is 0.0976. The van der Waals surface area contributed by atoms with Crippen molar-refractivity contribution in [2.75, 3.05) is 4.90 Å². The molecule has 0 bridgehead atoms. The lowest BCUT2D eigenvalue weighted by Gasteiger charge is -2.40. The van der Waals surface area contributed by atoms with Gasteiger partial charge in [-0.05, 0) is 177 Å². The standard InChI is InChI=1S/C65H67N3S/c1-43(45-21-8-3-9-22-45)66-65(48-27-14-6-15-28-48)67-44(2)56-40-50(64-53(46-23-10-4-11-24-46)32-20-33-54(64)47-25-12-5-13-26-47)35-37-52(56)49-36-38-62-58(39-49)59-41-57-55-31-18-19-34-60(55)68(51-29-16-7-17-30-51)61(57)42-63(59)69-62/h3-12,14,16,18-19,21-25,27,31,34,36,38-39,41,43,50-51,54,57,61,63H,2,13,15,17,20,26,28-30,32-33,35,37,40,42H2,1H3,(H,66,67). The Kier molecular flexibility index (Phi) is 12.5. The number of fused-ring (bicyclic) bond motifs is 6. The Morgan fingerprint density at radius 3 is 2.38 bits per heavy atom. The smallest absolute Gasteiger partial charge is 0.130 e. The van der Waals surface area contributed by atoms with Crippen LogP contribution < -0.4 is 10.2 Å². The van der Waals surface area contributed by atoms with Crippen LogP contribution in [-0.2, 0) is 0 Å². The van der Waals surface area contributed by atoms with E-state index in [9.17, 15) is 0 Å². The van der Waals surface area contributed by atoms with Gasteiger partial charge in [-0.2, -0.15) is 0 Å². The van der Waals surface area contributed by atoms with Crippen molar-refractivity contribution in [1.82, 2.24) is 5.32 Å². The Labute approximate surface area is 416 Å². The number of rotatable bonds is 10. The Morgan fingerprint density at radius 2 is 1.58 bits per heavy atom. The average Bonchev–Trinajstić information content (AvgIpc) is 3.94. The minimum absolute atomic E-state index is 0.0976. The Balaban J connectivity index is 0.959. The maximum absolute atomic E-state index is 5.66. The summed E-state index contributed by atoms with van der Waals surface area (Å²) in [4.78, 5) is 9.96. The summed E-state index contributed by atoms with van der Waals surface area (Å²) in [5.74, 6) is 2.27. The fourth-order valence-corrected chi connectivity index (χ4v) is 14.9. The molecule has 7 atom stereocenters. The molecule has 4 aromatic rings. The van der Waals surface area contributed by atoms with E-state index in [0.717, 1.165) is 69.3 Å². The SMILES string of the molecule is C=C(/N=C(\NC(C)c1ccccc1)C1=CC=CCC1)C1=C(c2ccc3c(c2)C2=CC4c5ccccc5N(C5CC=CCC5)C4CC2S3)CCC(C2=C(c3ccccc3)CCCC2C2=CC=CCC2)C1. The lowest BCUT2D eigenvalue weighted by Crippen LogP contribution is -2.44. The second-order valence-electron chi connectivity index (χ2n) is 20.9. The van der Waals surface area contributed by atoms with Gasteiger partial charge in [-0.25, -0.2) is 4.99 Å². The zero-order valence-corrected chi connectivity index (χ0v) is 41.3. The second kappa shape index (κ2) is 19.5. The van der Waals surface area contributed by atoms with Crippen molar-refractivity contribution in [3.05, 3.63) is 220 Å². The predicted octanol–water partition coefficient (Wildman–Crippen LogP) is 16.7. The number of nitrogens with one attached hydrogen (secondary N) is 1. The monoisotopic (exact) mass is 922 g/mol. The van der Waals surface area contributed by atoms with E-state index in [0.29, 0.717) is 35.1 Å². The molecule has 0 amide bonds. The maximum atomic E-state index is 5.66. The van der Waals surface area contributed by atoms with E-state index in [1.165, 1.54) is 87.2 Å². The molecule has 12 rings (SSSR count). The van der Waals surface area contributed by atoms with Crippen LogP contribution in [0, 0.1) is 11.8 Å². The van der Waals surface area contributed by atoms with Gasteiger partial charge < -0.3 is 10.2 Å². The van der Waals surface area contributed by atoms with E-state index in [4.69, 9.17) is 11.6 Å². The first kappa shape index (κ1) is 44.4. The van der Waals surface area contributed by atoms with E-state index in [2.05, 4.69) is 187 Å². The van der Waals surface area contributed by atoms with Crippen molar-refractivity contribution in [3.63, 3.8) is 0 Å². The van der Waals surface area contributed by atoms with Crippen molar-refractivity contribution in [1.29, 1.82) is 0 Å². The molecule has 7 unspecified atom stereocenters. The number of nitrogens with zero attached hydrogens (tertiary/aromatic N) is 2. The summed E-state index contributed by atoms with van der Waals surface area (Å²) < 4.78 is 0. The fourth-order valence-electron chi connectivity index (χ4n) is 13.6. The summed E-state index contributed by atoms with van der Waals surface area (Å²) in [5, 5.41) is 4.40. The van der Waals surface area contributed by atoms with Gasteiger partial charge in [0.05, 0.1) is 5.70 Å². The average molecular weight is 922 g/mol. The molecule has 0 saturated carbocycles. The zero-order valence-electron chi connectivity index (χ0n) is 40.5. The molecule has 0 spiro atoms. The molecule has 6 aliphatic carbocycles. The summed E-state index contributed by atoms with van der Waals surface area (Å²) in [5.41, 5.74) is 19.9. The summed E-state index contributed by atoms with van der Waals surface area (Å²) in [6, 6.07) is 40.2. The minimum Gasteiger partial charge on any atom is -0.364 e. The molecule has 8 aliphatic rings. The van der Waals surface area contributed by atoms with Gasteiger partial charge in [-0.1, -0.05) is 157 Å². The lowest BCUT2D eigenvalue weighted by molar-refractivity contribution is 0.449. The molecule has 69 heavy (non-hydrogen) atoms. The van der Waals surface area contributed by atoms with Crippen LogP contribution >= 0.6 is 11.8 Å². The molecule has 0 aromatic heterocycles. The molecular formula is C65H67N3S. The third-order valence-electron chi connectivity index (χ3n) is 16.9. The summed E-state index contributed by atoms with van der Waals surface area (Å²) >= 11 is 2.12. The number of hydrogen-bond donors (Lipinski definition) is 1. The second-order valence-corrected chi connectivity index (χ2v) is 22.1. The van der Waals surface area contributed by atoms with Crippen LogP contribution in [0.15, 0.2) is 202 Å². The number of benzene rings is 4. The predicted molar refractivity (Wildman–Crippen MR) is 293 cm³/mol. The highest BCUT2D eigenvalue weighted by atomic mass is 32.2. The van der Waals surface area contributed by atoms with Crippen LogP contribution in [0.3, 0.4) is 0 Å². The molecule has 0 radical (unpaired) electrons. The zero-order chi connectivity index (χ0) is 46.3. The molecule has 2 heterocycles. The fraction of sp³-hybridized carbons (Fsp3) is 0.338. The van der Waals surface area contributed by atoms with Crippen LogP contribution in [0.5, 0.6) is 0 Å². The van der Waals surface area contributed by atoms with Crippen molar-refractivity contribution >= 4 is 40.0 Å². The topological polar surface area (TPSA) is 27.6 Å².